The lowest BCUT2D eigenvalue weighted by atomic mass is 10.1. The molecule has 0 saturated heterocycles. The van der Waals surface area contributed by atoms with Crippen LogP contribution in [0.15, 0.2) is 83.9 Å². The van der Waals surface area contributed by atoms with Crippen molar-refractivity contribution in [3.63, 3.8) is 0 Å². The molecule has 0 spiro atoms. The Kier molecular flexibility index (Phi) is 4.52. The van der Waals surface area contributed by atoms with E-state index in [2.05, 4.69) is 39.9 Å². The fraction of sp³-hybridized carbons (Fsp3) is 0.0500. The van der Waals surface area contributed by atoms with Crippen LogP contribution in [0.25, 0.3) is 28.0 Å². The van der Waals surface area contributed by atoms with Gasteiger partial charge in [-0.25, -0.2) is 9.87 Å². The number of para-hydroxylation sites is 1. The summed E-state index contributed by atoms with van der Waals surface area (Å²) in [5.74, 6) is 0. The zero-order valence-corrected chi connectivity index (χ0v) is 14.4. The summed E-state index contributed by atoms with van der Waals surface area (Å²) in [6.07, 6.45) is 2.05. The van der Waals surface area contributed by atoms with Crippen LogP contribution in [0.2, 0.25) is 0 Å². The summed E-state index contributed by atoms with van der Waals surface area (Å²) < 4.78 is 6.98. The van der Waals surface area contributed by atoms with Gasteiger partial charge in [0, 0.05) is 27.7 Å². The van der Waals surface area contributed by atoms with E-state index in [4.69, 9.17) is 9.32 Å². The summed E-state index contributed by atoms with van der Waals surface area (Å²) in [6.45, 7) is 0. The molecule has 0 aliphatic heterocycles. The minimum absolute atomic E-state index is 0.938. The summed E-state index contributed by atoms with van der Waals surface area (Å²) in [5.41, 5.74) is 4.05. The van der Waals surface area contributed by atoms with E-state index in [1.54, 1.807) is 0 Å². The average Bonchev–Trinajstić information content (AvgIpc) is 3.10. The Morgan fingerprint density at radius 3 is 2.44 bits per heavy atom. The zero-order valence-electron chi connectivity index (χ0n) is 13.6. The van der Waals surface area contributed by atoms with Crippen LogP contribution >= 0.6 is 12.0 Å². The molecule has 0 aliphatic rings. The molecule has 4 aromatic rings. The fourth-order valence-electron chi connectivity index (χ4n) is 2.72. The summed E-state index contributed by atoms with van der Waals surface area (Å²) in [5, 5.41) is 1.12. The zero-order chi connectivity index (χ0) is 17.1. The lowest BCUT2D eigenvalue weighted by molar-refractivity contribution is -0.160. The van der Waals surface area contributed by atoms with E-state index in [1.165, 1.54) is 19.2 Å². The Morgan fingerprint density at radius 1 is 0.880 bits per heavy atom. The molecule has 0 N–H and O–H groups in total. The van der Waals surface area contributed by atoms with Gasteiger partial charge in [-0.1, -0.05) is 30.3 Å². The third-order valence-corrected chi connectivity index (χ3v) is 4.59. The largest absolute Gasteiger partial charge is 0.301 e. The normalized spacial score (nSPS) is 11.1. The van der Waals surface area contributed by atoms with Crippen LogP contribution in [0.3, 0.4) is 0 Å². The molecular weight excluding hydrogens is 332 g/mol. The van der Waals surface area contributed by atoms with E-state index in [1.807, 2.05) is 48.5 Å². The van der Waals surface area contributed by atoms with E-state index >= 15 is 0 Å². The molecule has 4 nitrogen and oxygen atoms in total. The SMILES string of the molecule is COOSc1ccc(-c2ccc3ccn(-c4ccccc4)c3n2)cc1. The first-order valence-electron chi connectivity index (χ1n) is 7.86. The molecule has 0 bridgehead atoms. The Morgan fingerprint density at radius 2 is 1.68 bits per heavy atom. The van der Waals surface area contributed by atoms with Crippen molar-refractivity contribution >= 4 is 23.1 Å². The lowest BCUT2D eigenvalue weighted by Crippen LogP contribution is -1.94. The molecule has 5 heteroatoms. The number of aromatic nitrogens is 2. The molecule has 2 aromatic carbocycles. The molecule has 0 aliphatic carbocycles. The Labute approximate surface area is 150 Å². The maximum atomic E-state index is 4.87. The van der Waals surface area contributed by atoms with Crippen molar-refractivity contribution in [1.29, 1.82) is 0 Å². The molecule has 0 radical (unpaired) electrons. The van der Waals surface area contributed by atoms with E-state index < -0.39 is 0 Å². The van der Waals surface area contributed by atoms with Gasteiger partial charge in [-0.3, -0.25) is 0 Å². The Bertz CT molecular complexity index is 982. The van der Waals surface area contributed by atoms with Crippen LogP contribution in [0, 0.1) is 0 Å². The van der Waals surface area contributed by atoms with Gasteiger partial charge >= 0.3 is 0 Å². The number of fused-ring (bicyclic) bond motifs is 1. The van der Waals surface area contributed by atoms with Gasteiger partial charge in [-0.15, -0.1) is 0 Å². The highest BCUT2D eigenvalue weighted by Crippen LogP contribution is 2.26. The van der Waals surface area contributed by atoms with Gasteiger partial charge in [0.1, 0.15) is 5.65 Å². The molecule has 0 amide bonds. The smallest absolute Gasteiger partial charge is 0.145 e. The number of benzene rings is 2. The highest BCUT2D eigenvalue weighted by Gasteiger charge is 2.07. The van der Waals surface area contributed by atoms with Crippen molar-refractivity contribution in [3.05, 3.63) is 79.0 Å². The predicted molar refractivity (Wildman–Crippen MR) is 100 cm³/mol. The van der Waals surface area contributed by atoms with E-state index in [9.17, 15) is 0 Å². The summed E-state index contributed by atoms with van der Waals surface area (Å²) in [6, 6.07) is 24.5. The summed E-state index contributed by atoms with van der Waals surface area (Å²) >= 11 is 1.18. The first-order valence-corrected chi connectivity index (χ1v) is 8.60. The van der Waals surface area contributed by atoms with Gasteiger partial charge in [0.05, 0.1) is 24.8 Å². The molecule has 2 heterocycles. The molecule has 124 valence electrons. The second-order valence-corrected chi connectivity index (χ2v) is 6.25. The van der Waals surface area contributed by atoms with Gasteiger partial charge in [0.2, 0.25) is 0 Å². The number of rotatable bonds is 5. The molecule has 25 heavy (non-hydrogen) atoms. The minimum atomic E-state index is 0.938. The van der Waals surface area contributed by atoms with Gasteiger partial charge < -0.3 is 4.57 Å². The molecular formula is C20H16N2O2S. The van der Waals surface area contributed by atoms with Gasteiger partial charge in [-0.05, 0) is 42.5 Å². The van der Waals surface area contributed by atoms with E-state index in [0.29, 0.717) is 0 Å². The second kappa shape index (κ2) is 7.11. The first kappa shape index (κ1) is 15.9. The van der Waals surface area contributed by atoms with Crippen LogP contribution < -0.4 is 0 Å². The third-order valence-electron chi connectivity index (χ3n) is 3.92. The molecule has 2 aromatic heterocycles. The predicted octanol–water partition coefficient (Wildman–Crippen LogP) is 5.28. The third kappa shape index (κ3) is 3.30. The van der Waals surface area contributed by atoms with Crippen LogP contribution in [-0.4, -0.2) is 16.7 Å². The highest BCUT2D eigenvalue weighted by atomic mass is 32.2. The fourth-order valence-corrected chi connectivity index (χ4v) is 3.11. The van der Waals surface area contributed by atoms with Crippen LogP contribution in [0.1, 0.15) is 0 Å². The molecule has 0 fully saturated rings. The first-order chi connectivity index (χ1) is 12.3. The average molecular weight is 348 g/mol. The lowest BCUT2D eigenvalue weighted by Gasteiger charge is -2.07. The quantitative estimate of drug-likeness (QED) is 0.279. The van der Waals surface area contributed by atoms with Gasteiger partial charge in [0.15, 0.2) is 0 Å². The van der Waals surface area contributed by atoms with E-state index in [-0.39, 0.29) is 0 Å². The van der Waals surface area contributed by atoms with Crippen LogP contribution in [-0.2, 0) is 9.22 Å². The van der Waals surface area contributed by atoms with Crippen molar-refractivity contribution in [3.8, 4) is 16.9 Å². The number of hydrogen-bond donors (Lipinski definition) is 0. The van der Waals surface area contributed by atoms with Crippen LogP contribution in [0.4, 0.5) is 0 Å². The number of nitrogens with zero attached hydrogens (tertiary/aromatic N) is 2. The maximum Gasteiger partial charge on any atom is 0.145 e. The topological polar surface area (TPSA) is 36.3 Å². The van der Waals surface area contributed by atoms with Crippen molar-refractivity contribution in [2.45, 2.75) is 4.90 Å². The number of hydrogen-bond acceptors (Lipinski definition) is 4. The van der Waals surface area contributed by atoms with Gasteiger partial charge in [-0.2, -0.15) is 4.33 Å². The minimum Gasteiger partial charge on any atom is -0.301 e. The standard InChI is InChI=1S/C20H16N2O2S/c1-23-24-25-18-10-7-15(8-11-18)19-12-9-16-13-14-22(20(16)21-19)17-5-3-2-4-6-17/h2-14H,1H3. The number of pyridine rings is 1. The molecule has 0 saturated carbocycles. The van der Waals surface area contributed by atoms with Crippen molar-refractivity contribution in [1.82, 2.24) is 9.55 Å². The molecule has 4 rings (SSSR count). The van der Waals surface area contributed by atoms with Crippen LogP contribution in [0.5, 0.6) is 0 Å². The maximum absolute atomic E-state index is 4.87. The van der Waals surface area contributed by atoms with Gasteiger partial charge in [0.25, 0.3) is 0 Å². The van der Waals surface area contributed by atoms with E-state index in [0.717, 1.165) is 32.9 Å². The highest BCUT2D eigenvalue weighted by molar-refractivity contribution is 7.94. The Hall–Kier alpha value is -2.60. The van der Waals surface area contributed by atoms with Crippen molar-refractivity contribution in [2.75, 3.05) is 7.11 Å². The van der Waals surface area contributed by atoms with Crippen molar-refractivity contribution < 1.29 is 9.22 Å². The molecule has 0 unspecified atom stereocenters. The summed E-state index contributed by atoms with van der Waals surface area (Å²) in [4.78, 5) is 10.4. The Balaban J connectivity index is 1.71. The summed E-state index contributed by atoms with van der Waals surface area (Å²) in [7, 11) is 1.49. The molecule has 0 atom stereocenters. The monoisotopic (exact) mass is 348 g/mol. The second-order valence-electron chi connectivity index (χ2n) is 5.47. The van der Waals surface area contributed by atoms with Crippen molar-refractivity contribution in [2.24, 2.45) is 0 Å².